The third kappa shape index (κ3) is 1.87. The van der Waals surface area contributed by atoms with Crippen molar-refractivity contribution in [3.63, 3.8) is 0 Å². The molecule has 1 aromatic rings. The van der Waals surface area contributed by atoms with Crippen molar-refractivity contribution in [2.24, 2.45) is 0 Å². The van der Waals surface area contributed by atoms with E-state index in [1.807, 2.05) is 0 Å². The molecule has 0 amide bonds. The molecule has 72 valence electrons. The third-order valence-electron chi connectivity index (χ3n) is 2.44. The number of rotatable bonds is 1. The summed E-state index contributed by atoms with van der Waals surface area (Å²) in [5.41, 5.74) is 3.82. The van der Waals surface area contributed by atoms with Gasteiger partial charge in [-0.25, -0.2) is 0 Å². The highest BCUT2D eigenvalue weighted by Gasteiger charge is 2.10. The van der Waals surface area contributed by atoms with E-state index in [2.05, 4.69) is 61.6 Å². The first-order chi connectivity index (χ1) is 6.75. The van der Waals surface area contributed by atoms with Gasteiger partial charge >= 0.3 is 0 Å². The van der Waals surface area contributed by atoms with Crippen molar-refractivity contribution in [1.82, 2.24) is 5.32 Å². The molecule has 1 aliphatic heterocycles. The van der Waals surface area contributed by atoms with E-state index in [-0.39, 0.29) is 0 Å². The Morgan fingerprint density at radius 3 is 2.07 bits per heavy atom. The molecule has 0 aliphatic carbocycles. The molecule has 14 heavy (non-hydrogen) atoms. The molecule has 1 heteroatoms. The van der Waals surface area contributed by atoms with E-state index in [1.165, 1.54) is 17.0 Å². The zero-order chi connectivity index (χ0) is 9.97. The highest BCUT2D eigenvalue weighted by atomic mass is 14.9. The minimum Gasteiger partial charge on any atom is -0.363 e. The van der Waals surface area contributed by atoms with E-state index in [4.69, 9.17) is 0 Å². The Morgan fingerprint density at radius 2 is 1.50 bits per heavy atom. The van der Waals surface area contributed by atoms with E-state index >= 15 is 0 Å². The number of benzene rings is 1. The molecule has 0 atom stereocenters. The Hall–Kier alpha value is -1.50. The van der Waals surface area contributed by atoms with E-state index in [0.717, 1.165) is 0 Å². The second kappa shape index (κ2) is 3.70. The zero-order valence-corrected chi connectivity index (χ0v) is 8.62. The summed E-state index contributed by atoms with van der Waals surface area (Å²) in [7, 11) is 0. The minimum absolute atomic E-state index is 0.428. The van der Waals surface area contributed by atoms with E-state index in [1.54, 1.807) is 0 Å². The summed E-state index contributed by atoms with van der Waals surface area (Å²) in [6.45, 7) is 4.21. The fraction of sp³-hybridized carbons (Fsp3) is 0.231. The van der Waals surface area contributed by atoms with Gasteiger partial charge in [-0.3, -0.25) is 0 Å². The molecular formula is C13H15N. The number of dihydropyridines is 1. The highest BCUT2D eigenvalue weighted by molar-refractivity contribution is 5.34. The summed E-state index contributed by atoms with van der Waals surface area (Å²) >= 11 is 0. The van der Waals surface area contributed by atoms with Crippen molar-refractivity contribution in [3.05, 3.63) is 59.4 Å². The minimum atomic E-state index is 0.428. The van der Waals surface area contributed by atoms with Crippen LogP contribution in [0.25, 0.3) is 0 Å². The molecule has 2 rings (SSSR count). The fourth-order valence-corrected chi connectivity index (χ4v) is 1.85. The van der Waals surface area contributed by atoms with Gasteiger partial charge in [0.2, 0.25) is 0 Å². The highest BCUT2D eigenvalue weighted by Crippen LogP contribution is 2.23. The largest absolute Gasteiger partial charge is 0.363 e. The van der Waals surface area contributed by atoms with Crippen LogP contribution in [0.15, 0.2) is 53.9 Å². The van der Waals surface area contributed by atoms with Crippen LogP contribution in [0.3, 0.4) is 0 Å². The Balaban J connectivity index is 2.31. The van der Waals surface area contributed by atoms with Crippen LogP contribution in [-0.4, -0.2) is 0 Å². The fourth-order valence-electron chi connectivity index (χ4n) is 1.85. The standard InChI is InChI=1S/C13H15N/c1-10-8-13(9-11(2)14-10)12-6-4-3-5-7-12/h3-9,13-14H,1-2H3. The summed E-state index contributed by atoms with van der Waals surface area (Å²) < 4.78 is 0. The molecule has 0 spiro atoms. The zero-order valence-electron chi connectivity index (χ0n) is 8.62. The van der Waals surface area contributed by atoms with Crippen LogP contribution in [0.1, 0.15) is 25.3 Å². The first-order valence-electron chi connectivity index (χ1n) is 4.94. The molecule has 1 aromatic carbocycles. The van der Waals surface area contributed by atoms with Crippen molar-refractivity contribution in [3.8, 4) is 0 Å². The van der Waals surface area contributed by atoms with Gasteiger partial charge in [-0.2, -0.15) is 0 Å². The van der Waals surface area contributed by atoms with Gasteiger partial charge in [0, 0.05) is 17.3 Å². The van der Waals surface area contributed by atoms with Gasteiger partial charge in [-0.1, -0.05) is 42.5 Å². The van der Waals surface area contributed by atoms with Gasteiger partial charge in [0.1, 0.15) is 0 Å². The lowest BCUT2D eigenvalue weighted by atomic mass is 9.95. The third-order valence-corrected chi connectivity index (χ3v) is 2.44. The predicted octanol–water partition coefficient (Wildman–Crippen LogP) is 3.18. The van der Waals surface area contributed by atoms with Gasteiger partial charge in [0.05, 0.1) is 0 Å². The van der Waals surface area contributed by atoms with Crippen LogP contribution in [0, 0.1) is 0 Å². The molecule has 0 aromatic heterocycles. The lowest BCUT2D eigenvalue weighted by Crippen LogP contribution is -2.14. The summed E-state index contributed by atoms with van der Waals surface area (Å²) in [5, 5.41) is 3.30. The summed E-state index contributed by atoms with van der Waals surface area (Å²) in [5.74, 6) is 0.428. The molecule has 1 nitrogen and oxygen atoms in total. The normalized spacial score (nSPS) is 17.0. The topological polar surface area (TPSA) is 12.0 Å². The van der Waals surface area contributed by atoms with Crippen LogP contribution in [-0.2, 0) is 0 Å². The Morgan fingerprint density at radius 1 is 0.929 bits per heavy atom. The average molecular weight is 185 g/mol. The van der Waals surface area contributed by atoms with Crippen molar-refractivity contribution in [2.45, 2.75) is 19.8 Å². The van der Waals surface area contributed by atoms with Crippen LogP contribution >= 0.6 is 0 Å². The van der Waals surface area contributed by atoms with E-state index in [0.29, 0.717) is 5.92 Å². The average Bonchev–Trinajstić information content (AvgIpc) is 2.18. The molecule has 0 saturated carbocycles. The molecule has 0 bridgehead atoms. The summed E-state index contributed by atoms with van der Waals surface area (Å²) in [4.78, 5) is 0. The monoisotopic (exact) mass is 185 g/mol. The second-order valence-electron chi connectivity index (χ2n) is 3.76. The molecule has 0 fully saturated rings. The van der Waals surface area contributed by atoms with Crippen molar-refractivity contribution >= 4 is 0 Å². The summed E-state index contributed by atoms with van der Waals surface area (Å²) in [6, 6.07) is 10.6. The second-order valence-corrected chi connectivity index (χ2v) is 3.76. The Bertz CT molecular complexity index is 355. The van der Waals surface area contributed by atoms with E-state index < -0.39 is 0 Å². The quantitative estimate of drug-likeness (QED) is 0.708. The first-order valence-corrected chi connectivity index (χ1v) is 4.94. The molecule has 0 unspecified atom stereocenters. The van der Waals surface area contributed by atoms with Crippen LogP contribution in [0.4, 0.5) is 0 Å². The Labute approximate surface area is 85.2 Å². The number of nitrogens with one attached hydrogen (secondary N) is 1. The molecular weight excluding hydrogens is 170 g/mol. The van der Waals surface area contributed by atoms with Gasteiger partial charge in [0.25, 0.3) is 0 Å². The number of hydrogen-bond donors (Lipinski definition) is 1. The lowest BCUT2D eigenvalue weighted by Gasteiger charge is -2.19. The van der Waals surface area contributed by atoms with Crippen molar-refractivity contribution in [2.75, 3.05) is 0 Å². The van der Waals surface area contributed by atoms with Gasteiger partial charge in [-0.05, 0) is 19.4 Å². The molecule has 0 radical (unpaired) electrons. The van der Waals surface area contributed by atoms with E-state index in [9.17, 15) is 0 Å². The Kier molecular flexibility index (Phi) is 2.40. The maximum Gasteiger partial charge on any atom is 0.0238 e. The van der Waals surface area contributed by atoms with Crippen molar-refractivity contribution < 1.29 is 0 Å². The molecule has 1 aliphatic rings. The van der Waals surface area contributed by atoms with Crippen molar-refractivity contribution in [1.29, 1.82) is 0 Å². The van der Waals surface area contributed by atoms with Gasteiger partial charge in [-0.15, -0.1) is 0 Å². The molecule has 0 saturated heterocycles. The lowest BCUT2D eigenvalue weighted by molar-refractivity contribution is 0.870. The van der Waals surface area contributed by atoms with Crippen LogP contribution in [0.5, 0.6) is 0 Å². The summed E-state index contributed by atoms with van der Waals surface area (Å²) in [6.07, 6.45) is 4.50. The van der Waals surface area contributed by atoms with Gasteiger partial charge < -0.3 is 5.32 Å². The maximum absolute atomic E-state index is 3.30. The van der Waals surface area contributed by atoms with Crippen LogP contribution < -0.4 is 5.32 Å². The maximum atomic E-state index is 3.30. The molecule has 1 heterocycles. The number of allylic oxidation sites excluding steroid dienone is 4. The SMILES string of the molecule is CC1=CC(c2ccccc2)C=C(C)N1. The first kappa shape index (κ1) is 9.07. The number of hydrogen-bond acceptors (Lipinski definition) is 1. The smallest absolute Gasteiger partial charge is 0.0238 e. The van der Waals surface area contributed by atoms with Gasteiger partial charge in [0.15, 0.2) is 0 Å². The van der Waals surface area contributed by atoms with Crippen LogP contribution in [0.2, 0.25) is 0 Å². The molecule has 1 N–H and O–H groups in total. The predicted molar refractivity (Wildman–Crippen MR) is 59.8 cm³/mol.